The van der Waals surface area contributed by atoms with E-state index >= 15 is 0 Å². The average molecular weight is 479 g/mol. The molecule has 0 amide bonds. The van der Waals surface area contributed by atoms with Gasteiger partial charge in [-0.2, -0.15) is 0 Å². The van der Waals surface area contributed by atoms with E-state index in [1.165, 1.54) is 25.4 Å². The first-order valence-corrected chi connectivity index (χ1v) is 17.6. The Labute approximate surface area is 183 Å². The van der Waals surface area contributed by atoms with Crippen molar-refractivity contribution in [2.75, 3.05) is 0 Å². The van der Waals surface area contributed by atoms with Crippen LogP contribution in [0.15, 0.2) is 60.7 Å². The molecular formula is C28H37NZr. The number of nitrogens with one attached hydrogen (secondary N) is 1. The van der Waals surface area contributed by atoms with Crippen molar-refractivity contribution in [3.63, 3.8) is 0 Å². The Bertz CT molecular complexity index is 1170. The zero-order valence-electron chi connectivity index (χ0n) is 19.9. The Morgan fingerprint density at radius 3 is 2.03 bits per heavy atom. The average Bonchev–Trinajstić information content (AvgIpc) is 3.25. The number of aromatic nitrogens is 1. The summed E-state index contributed by atoms with van der Waals surface area (Å²) in [5.74, 6) is 0. The number of para-hydroxylation sites is 1. The van der Waals surface area contributed by atoms with Crippen LogP contribution in [0.4, 0.5) is 0 Å². The van der Waals surface area contributed by atoms with Gasteiger partial charge in [-0.3, -0.25) is 0 Å². The molecule has 2 heteroatoms. The fourth-order valence-electron chi connectivity index (χ4n) is 8.22. The third-order valence-corrected chi connectivity index (χ3v) is 36.8. The van der Waals surface area contributed by atoms with Crippen LogP contribution in [0.2, 0.25) is 6.25 Å². The van der Waals surface area contributed by atoms with E-state index in [1.807, 2.05) is 0 Å². The van der Waals surface area contributed by atoms with Crippen molar-refractivity contribution in [3.8, 4) is 0 Å². The van der Waals surface area contributed by atoms with Crippen molar-refractivity contribution < 1.29 is 18.3 Å². The van der Waals surface area contributed by atoms with Gasteiger partial charge < -0.3 is 0 Å². The van der Waals surface area contributed by atoms with Crippen molar-refractivity contribution in [2.24, 2.45) is 0 Å². The van der Waals surface area contributed by atoms with Gasteiger partial charge in [0.1, 0.15) is 0 Å². The SMILES string of the molecule is C[C](C)=[Zr]([c]1cc2ccccc2[nH]1)([CH]1C=Cc2ccccc21)([C](C)(C)C)[C](C)(C)C. The second kappa shape index (κ2) is 6.73. The van der Waals surface area contributed by atoms with Gasteiger partial charge in [0.2, 0.25) is 0 Å². The molecule has 30 heavy (non-hydrogen) atoms. The molecule has 1 aliphatic carbocycles. The number of allylic oxidation sites excluding steroid dienone is 1. The molecule has 0 saturated heterocycles. The first-order chi connectivity index (χ1) is 14.0. The third kappa shape index (κ3) is 2.35. The van der Waals surface area contributed by atoms with Crippen LogP contribution in [-0.2, 0) is 18.3 Å². The summed E-state index contributed by atoms with van der Waals surface area (Å²) in [6, 6.07) is 20.4. The van der Waals surface area contributed by atoms with Gasteiger partial charge in [0, 0.05) is 0 Å². The Hall–Kier alpha value is -1.53. The Morgan fingerprint density at radius 2 is 1.43 bits per heavy atom. The number of rotatable bonds is 2. The van der Waals surface area contributed by atoms with Crippen LogP contribution in [0.3, 0.4) is 0 Å². The molecule has 0 radical (unpaired) electrons. The second-order valence-corrected chi connectivity index (χ2v) is 30.8. The van der Waals surface area contributed by atoms with Gasteiger partial charge in [-0.25, -0.2) is 0 Å². The minimum absolute atomic E-state index is 0.145. The van der Waals surface area contributed by atoms with E-state index in [2.05, 4.69) is 127 Å². The Kier molecular flexibility index (Phi) is 4.87. The van der Waals surface area contributed by atoms with Gasteiger partial charge in [0.05, 0.1) is 0 Å². The molecule has 4 rings (SSSR count). The molecular weight excluding hydrogens is 442 g/mol. The summed E-state index contributed by atoms with van der Waals surface area (Å²) >= 11 is -4.17. The van der Waals surface area contributed by atoms with Crippen molar-refractivity contribution in [2.45, 2.75) is 65.3 Å². The fourth-order valence-corrected chi connectivity index (χ4v) is 38.8. The summed E-state index contributed by atoms with van der Waals surface area (Å²) in [5.41, 5.74) is 4.18. The van der Waals surface area contributed by atoms with E-state index in [0.717, 1.165) is 0 Å². The first kappa shape index (κ1) is 21.7. The van der Waals surface area contributed by atoms with E-state index in [1.54, 1.807) is 3.21 Å². The molecule has 0 bridgehead atoms. The van der Waals surface area contributed by atoms with Gasteiger partial charge in [0.15, 0.2) is 0 Å². The zero-order chi connectivity index (χ0) is 22.0. The summed E-state index contributed by atoms with van der Waals surface area (Å²) in [6.07, 6.45) is 4.95. The summed E-state index contributed by atoms with van der Waals surface area (Å²) < 4.78 is 3.93. The minimum atomic E-state index is -4.17. The number of benzene rings is 2. The molecule has 0 aliphatic heterocycles. The maximum absolute atomic E-state index is 4.17. The molecule has 0 spiro atoms. The molecule has 1 aromatic heterocycles. The van der Waals surface area contributed by atoms with E-state index in [-0.39, 0.29) is 6.25 Å². The maximum atomic E-state index is 4.02. The standard InChI is InChI=1S/C9H7.C8H6N.2C4H9.C3H6.Zr/c1-2-5-9-7-3-6-8(9)4-1;1-2-4-8-7(3-1)5-6-9-8;2*1-4(2)3;1-3-2;/h1-7H;1-5,9H;2*1-3H3;1-2H3;. The number of hydrogen-bond acceptors (Lipinski definition) is 0. The quantitative estimate of drug-likeness (QED) is 0.385. The third-order valence-electron chi connectivity index (χ3n) is 8.67. The van der Waals surface area contributed by atoms with Crippen molar-refractivity contribution >= 4 is 23.6 Å². The van der Waals surface area contributed by atoms with Crippen molar-refractivity contribution in [3.05, 3.63) is 71.8 Å². The summed E-state index contributed by atoms with van der Waals surface area (Å²) in [5, 5.41) is 1.33. The van der Waals surface area contributed by atoms with Gasteiger partial charge in [0.25, 0.3) is 0 Å². The van der Waals surface area contributed by atoms with Gasteiger partial charge in [-0.15, -0.1) is 0 Å². The molecule has 158 valence electrons. The predicted molar refractivity (Wildman–Crippen MR) is 132 cm³/mol. The van der Waals surface area contributed by atoms with Crippen LogP contribution in [0.5, 0.6) is 0 Å². The second-order valence-electron chi connectivity index (χ2n) is 11.6. The zero-order valence-corrected chi connectivity index (χ0v) is 22.4. The number of aromatic amines is 1. The normalized spacial score (nSPS) is 17.4. The van der Waals surface area contributed by atoms with E-state index in [9.17, 15) is 0 Å². The van der Waals surface area contributed by atoms with E-state index in [0.29, 0.717) is 3.63 Å². The van der Waals surface area contributed by atoms with Crippen LogP contribution in [0, 0.1) is 0 Å². The molecule has 1 N–H and O–H groups in total. The van der Waals surface area contributed by atoms with Gasteiger partial charge in [-0.05, 0) is 0 Å². The van der Waals surface area contributed by atoms with Crippen LogP contribution < -0.4 is 3.40 Å². The van der Waals surface area contributed by atoms with Crippen molar-refractivity contribution in [1.82, 2.24) is 4.98 Å². The molecule has 1 heterocycles. The monoisotopic (exact) mass is 477 g/mol. The van der Waals surface area contributed by atoms with Crippen LogP contribution in [0.1, 0.15) is 70.1 Å². The van der Waals surface area contributed by atoms with Crippen LogP contribution in [0.25, 0.3) is 17.0 Å². The summed E-state index contributed by atoms with van der Waals surface area (Å²) in [4.78, 5) is 4.02. The van der Waals surface area contributed by atoms with Crippen LogP contribution >= 0.6 is 0 Å². The molecule has 0 saturated carbocycles. The van der Waals surface area contributed by atoms with E-state index in [4.69, 9.17) is 0 Å². The molecule has 1 aliphatic rings. The first-order valence-electron chi connectivity index (χ1n) is 11.3. The van der Waals surface area contributed by atoms with Crippen LogP contribution in [-0.4, -0.2) is 8.19 Å². The summed E-state index contributed by atoms with van der Waals surface area (Å²) in [6.45, 7) is 20.0. The number of hydrogen-bond donors (Lipinski definition) is 1. The number of H-pyrrole nitrogens is 1. The molecule has 3 aromatic rings. The molecule has 1 nitrogen and oxygen atoms in total. The molecule has 1 unspecified atom stereocenters. The fraction of sp³-hybridized carbons (Fsp3) is 0.393. The topological polar surface area (TPSA) is 15.8 Å². The Morgan fingerprint density at radius 1 is 0.833 bits per heavy atom. The van der Waals surface area contributed by atoms with Gasteiger partial charge in [-0.1, -0.05) is 0 Å². The van der Waals surface area contributed by atoms with Gasteiger partial charge >= 0.3 is 184 Å². The Balaban J connectivity index is 2.30. The summed E-state index contributed by atoms with van der Waals surface area (Å²) in [7, 11) is 0. The van der Waals surface area contributed by atoms with Crippen molar-refractivity contribution in [1.29, 1.82) is 0 Å². The molecule has 1 atom stereocenters. The number of fused-ring (bicyclic) bond motifs is 2. The molecule has 2 aromatic carbocycles. The molecule has 0 fully saturated rings. The predicted octanol–water partition coefficient (Wildman–Crippen LogP) is 7.90. The van der Waals surface area contributed by atoms with E-state index < -0.39 is 18.3 Å².